The monoisotopic (exact) mass is 650 g/mol. The van der Waals surface area contributed by atoms with Crippen LogP contribution in [0.3, 0.4) is 0 Å². The molecule has 220 valence electrons. The average Bonchev–Trinajstić information content (AvgIpc) is 2.99. The minimum Gasteiger partial charge on any atom is -0.336 e. The lowest BCUT2D eigenvalue weighted by Crippen LogP contribution is -2.40. The second kappa shape index (κ2) is 15.3. The number of nitrogens with zero attached hydrogens (tertiary/aromatic N) is 4. The summed E-state index contributed by atoms with van der Waals surface area (Å²) >= 11 is 4.63. The smallest absolute Gasteiger partial charge is 0.287 e. The molecule has 1 amide bonds. The molecule has 0 aliphatic rings. The van der Waals surface area contributed by atoms with E-state index in [1.807, 2.05) is 4.90 Å². The fourth-order valence-corrected chi connectivity index (χ4v) is 5.77. The molecule has 1 aromatic heterocycles. The summed E-state index contributed by atoms with van der Waals surface area (Å²) in [5.74, 6) is 0.120. The third-order valence-corrected chi connectivity index (χ3v) is 8.75. The summed E-state index contributed by atoms with van der Waals surface area (Å²) in [6.07, 6.45) is 1.62. The zero-order valence-electron chi connectivity index (χ0n) is 24.2. The normalized spacial score (nSPS) is 11.2. The van der Waals surface area contributed by atoms with Crippen molar-refractivity contribution in [3.05, 3.63) is 116 Å². The Labute approximate surface area is 259 Å². The topological polar surface area (TPSA) is 58.4 Å². The van der Waals surface area contributed by atoms with E-state index in [1.54, 1.807) is 22.9 Å². The lowest BCUT2D eigenvalue weighted by atomic mass is 10.0. The highest BCUT2D eigenvalue weighted by molar-refractivity contribution is 9.10. The van der Waals surface area contributed by atoms with Crippen molar-refractivity contribution in [2.24, 2.45) is 0 Å². The van der Waals surface area contributed by atoms with Crippen molar-refractivity contribution in [3.8, 4) is 11.1 Å². The number of carbonyl (C=O) groups excluding carboxylic acids is 1. The SMILES string of the molecule is CCN(CC)CCN(Cc1ccc(-c2ccc(C)cc2)cc1)C(=O)Cn1cc(Br)c(=O)nc1SCc1ccc(F)cc1. The van der Waals surface area contributed by atoms with Crippen LogP contribution in [0, 0.1) is 12.7 Å². The van der Waals surface area contributed by atoms with Gasteiger partial charge in [-0.05, 0) is 70.3 Å². The number of thioether (sulfide) groups is 1. The van der Waals surface area contributed by atoms with Gasteiger partial charge in [0.1, 0.15) is 16.8 Å². The largest absolute Gasteiger partial charge is 0.336 e. The number of benzene rings is 3. The first kappa shape index (κ1) is 31.7. The summed E-state index contributed by atoms with van der Waals surface area (Å²) in [5.41, 5.74) is 5.05. The Morgan fingerprint density at radius 3 is 2.12 bits per heavy atom. The molecular weight excluding hydrogens is 615 g/mol. The van der Waals surface area contributed by atoms with Gasteiger partial charge in [-0.25, -0.2) is 4.39 Å². The van der Waals surface area contributed by atoms with E-state index in [4.69, 9.17) is 0 Å². The number of rotatable bonds is 13. The Morgan fingerprint density at radius 1 is 0.905 bits per heavy atom. The van der Waals surface area contributed by atoms with Crippen LogP contribution in [-0.4, -0.2) is 51.4 Å². The van der Waals surface area contributed by atoms with Crippen molar-refractivity contribution in [1.82, 2.24) is 19.4 Å². The predicted molar refractivity (Wildman–Crippen MR) is 172 cm³/mol. The number of hydrogen-bond acceptors (Lipinski definition) is 5. The quantitative estimate of drug-likeness (QED) is 0.118. The lowest BCUT2D eigenvalue weighted by Gasteiger charge is -2.27. The van der Waals surface area contributed by atoms with Crippen molar-refractivity contribution in [1.29, 1.82) is 0 Å². The molecular formula is C33H36BrFN4O2S. The van der Waals surface area contributed by atoms with Gasteiger partial charge >= 0.3 is 0 Å². The van der Waals surface area contributed by atoms with Gasteiger partial charge in [-0.3, -0.25) is 9.59 Å². The number of aromatic nitrogens is 2. The van der Waals surface area contributed by atoms with Gasteiger partial charge in [0.15, 0.2) is 5.16 Å². The van der Waals surface area contributed by atoms with Gasteiger partial charge in [-0.15, -0.1) is 0 Å². The fourth-order valence-electron chi connectivity index (χ4n) is 4.52. The molecule has 0 bridgehead atoms. The molecule has 0 fully saturated rings. The summed E-state index contributed by atoms with van der Waals surface area (Å²) in [6, 6.07) is 23.0. The Morgan fingerprint density at radius 2 is 1.50 bits per heavy atom. The number of carbonyl (C=O) groups is 1. The summed E-state index contributed by atoms with van der Waals surface area (Å²) in [4.78, 5) is 34.6. The Hall–Kier alpha value is -3.27. The van der Waals surface area contributed by atoms with Gasteiger partial charge in [0, 0.05) is 31.6 Å². The van der Waals surface area contributed by atoms with Crippen LogP contribution < -0.4 is 5.56 Å². The minimum atomic E-state index is -0.396. The number of halogens is 2. The molecule has 0 atom stereocenters. The second-order valence-electron chi connectivity index (χ2n) is 10.1. The zero-order valence-corrected chi connectivity index (χ0v) is 26.6. The molecule has 0 unspecified atom stereocenters. The van der Waals surface area contributed by atoms with Gasteiger partial charge in [0.05, 0.1) is 0 Å². The standard InChI is InChI=1S/C33H36BrFN4O2S/c1-4-37(5-2)18-19-38(20-25-8-14-28(15-9-25)27-12-6-24(3)7-13-27)31(40)22-39-21-30(34)32(41)36-33(39)42-23-26-10-16-29(35)17-11-26/h6-17,21H,4-5,18-20,22-23H2,1-3H3. The maximum atomic E-state index is 13.8. The van der Waals surface area contributed by atoms with Crippen molar-refractivity contribution in [2.75, 3.05) is 26.2 Å². The highest BCUT2D eigenvalue weighted by Gasteiger charge is 2.18. The maximum absolute atomic E-state index is 13.8. The number of hydrogen-bond donors (Lipinski definition) is 0. The third kappa shape index (κ3) is 8.86. The number of likely N-dealkylation sites (N-methyl/N-ethyl adjacent to an activating group) is 1. The molecule has 1 heterocycles. The van der Waals surface area contributed by atoms with E-state index < -0.39 is 5.56 Å². The van der Waals surface area contributed by atoms with Gasteiger partial charge < -0.3 is 14.4 Å². The van der Waals surface area contributed by atoms with Crippen molar-refractivity contribution in [3.63, 3.8) is 0 Å². The van der Waals surface area contributed by atoms with Crippen LogP contribution in [0.25, 0.3) is 11.1 Å². The first-order valence-electron chi connectivity index (χ1n) is 14.1. The summed E-state index contributed by atoms with van der Waals surface area (Å²) in [5, 5.41) is 0.437. The van der Waals surface area contributed by atoms with E-state index in [-0.39, 0.29) is 18.3 Å². The van der Waals surface area contributed by atoms with E-state index in [0.717, 1.165) is 41.9 Å². The Kier molecular flexibility index (Phi) is 11.5. The van der Waals surface area contributed by atoms with E-state index >= 15 is 0 Å². The van der Waals surface area contributed by atoms with Gasteiger partial charge in [-0.1, -0.05) is 91.8 Å². The molecule has 0 N–H and O–H groups in total. The van der Waals surface area contributed by atoms with Gasteiger partial charge in [0.2, 0.25) is 5.91 Å². The van der Waals surface area contributed by atoms with Gasteiger partial charge in [0.25, 0.3) is 5.56 Å². The van der Waals surface area contributed by atoms with Crippen molar-refractivity contribution in [2.45, 2.75) is 44.8 Å². The van der Waals surface area contributed by atoms with Crippen LogP contribution in [0.5, 0.6) is 0 Å². The first-order valence-corrected chi connectivity index (χ1v) is 15.8. The highest BCUT2D eigenvalue weighted by Crippen LogP contribution is 2.23. The Balaban J connectivity index is 1.53. The molecule has 0 saturated carbocycles. The second-order valence-corrected chi connectivity index (χ2v) is 11.9. The fraction of sp³-hybridized carbons (Fsp3) is 0.303. The predicted octanol–water partition coefficient (Wildman–Crippen LogP) is 6.78. The molecule has 0 radical (unpaired) electrons. The maximum Gasteiger partial charge on any atom is 0.287 e. The molecule has 0 aliphatic carbocycles. The molecule has 4 rings (SSSR count). The van der Waals surface area contributed by atoms with Crippen LogP contribution in [0.1, 0.15) is 30.5 Å². The molecule has 42 heavy (non-hydrogen) atoms. The highest BCUT2D eigenvalue weighted by atomic mass is 79.9. The summed E-state index contributed by atoms with van der Waals surface area (Å²) in [7, 11) is 0. The molecule has 0 aliphatic heterocycles. The zero-order chi connectivity index (χ0) is 30.1. The summed E-state index contributed by atoms with van der Waals surface area (Å²) < 4.78 is 15.4. The van der Waals surface area contributed by atoms with Gasteiger partial charge in [-0.2, -0.15) is 4.98 Å². The molecule has 0 spiro atoms. The molecule has 9 heteroatoms. The Bertz CT molecular complexity index is 1520. The minimum absolute atomic E-state index is 0.0390. The summed E-state index contributed by atoms with van der Waals surface area (Å²) in [6.45, 7) is 9.98. The molecule has 4 aromatic rings. The van der Waals surface area contributed by atoms with Crippen LogP contribution in [-0.2, 0) is 23.6 Å². The van der Waals surface area contributed by atoms with E-state index in [2.05, 4.69) is 95.1 Å². The van der Waals surface area contributed by atoms with E-state index in [9.17, 15) is 14.0 Å². The average molecular weight is 652 g/mol. The van der Waals surface area contributed by atoms with Crippen molar-refractivity contribution < 1.29 is 9.18 Å². The van der Waals surface area contributed by atoms with E-state index in [0.29, 0.717) is 28.5 Å². The van der Waals surface area contributed by atoms with E-state index in [1.165, 1.54) is 29.5 Å². The van der Waals surface area contributed by atoms with Crippen LogP contribution in [0.4, 0.5) is 4.39 Å². The molecule has 0 saturated heterocycles. The third-order valence-electron chi connectivity index (χ3n) is 7.15. The number of amides is 1. The van der Waals surface area contributed by atoms with Crippen molar-refractivity contribution >= 4 is 33.6 Å². The molecule has 6 nitrogen and oxygen atoms in total. The number of aryl methyl sites for hydroxylation is 1. The van der Waals surface area contributed by atoms with Crippen LogP contribution in [0.15, 0.2) is 93.4 Å². The molecule has 3 aromatic carbocycles. The van der Waals surface area contributed by atoms with Crippen LogP contribution >= 0.6 is 27.7 Å². The lowest BCUT2D eigenvalue weighted by molar-refractivity contribution is -0.132. The first-order chi connectivity index (χ1) is 20.2. The van der Waals surface area contributed by atoms with Crippen LogP contribution in [0.2, 0.25) is 0 Å².